The van der Waals surface area contributed by atoms with Gasteiger partial charge in [-0.3, -0.25) is 9.78 Å². The third-order valence-electron chi connectivity index (χ3n) is 4.08. The predicted octanol–water partition coefficient (Wildman–Crippen LogP) is 3.50. The van der Waals surface area contributed by atoms with E-state index in [-0.39, 0.29) is 5.91 Å². The van der Waals surface area contributed by atoms with Gasteiger partial charge >= 0.3 is 0 Å². The minimum atomic E-state index is -0.0603. The van der Waals surface area contributed by atoms with Crippen LogP contribution in [0.4, 0.5) is 0 Å². The van der Waals surface area contributed by atoms with Crippen molar-refractivity contribution in [3.8, 4) is 11.4 Å². The highest BCUT2D eigenvalue weighted by Crippen LogP contribution is 2.20. The van der Waals surface area contributed by atoms with Crippen molar-refractivity contribution >= 4 is 5.91 Å². The van der Waals surface area contributed by atoms with Crippen LogP contribution in [0.3, 0.4) is 0 Å². The van der Waals surface area contributed by atoms with Crippen LogP contribution in [-0.4, -0.2) is 21.0 Å². The number of hydrogen-bond acceptors (Lipinski definition) is 5. The quantitative estimate of drug-likeness (QED) is 0.705. The number of hydrogen-bond donors (Lipinski definition) is 1. The van der Waals surface area contributed by atoms with E-state index in [4.69, 9.17) is 4.52 Å². The van der Waals surface area contributed by atoms with Crippen LogP contribution in [0, 0.1) is 0 Å². The molecule has 134 valence electrons. The minimum absolute atomic E-state index is 0.0603. The molecule has 2 heterocycles. The summed E-state index contributed by atoms with van der Waals surface area (Å²) in [5.41, 5.74) is 3.14. The largest absolute Gasteiger partial charge is 0.352 e. The average molecular weight is 350 g/mol. The smallest absolute Gasteiger partial charge is 0.227 e. The van der Waals surface area contributed by atoms with Crippen LogP contribution in [0.5, 0.6) is 0 Å². The van der Waals surface area contributed by atoms with Gasteiger partial charge in [-0.15, -0.1) is 0 Å². The molecular weight excluding hydrogens is 328 g/mol. The molecule has 0 radical (unpaired) electrons. The highest BCUT2D eigenvalue weighted by atomic mass is 16.5. The second kappa shape index (κ2) is 8.38. The molecule has 0 aliphatic rings. The Balaban J connectivity index is 1.51. The average Bonchev–Trinajstić information content (AvgIpc) is 3.14. The van der Waals surface area contributed by atoms with E-state index in [0.29, 0.717) is 37.0 Å². The van der Waals surface area contributed by atoms with Gasteiger partial charge in [-0.2, -0.15) is 4.98 Å². The first-order chi connectivity index (χ1) is 12.6. The van der Waals surface area contributed by atoms with Crippen molar-refractivity contribution in [1.29, 1.82) is 0 Å². The number of pyridine rings is 1. The molecule has 1 aromatic carbocycles. The van der Waals surface area contributed by atoms with E-state index in [1.54, 1.807) is 12.4 Å². The molecule has 0 aliphatic carbocycles. The fourth-order valence-corrected chi connectivity index (χ4v) is 2.50. The Labute approximate surface area is 152 Å². The van der Waals surface area contributed by atoms with Crippen LogP contribution in [0.25, 0.3) is 11.4 Å². The molecule has 6 nitrogen and oxygen atoms in total. The molecule has 0 atom stereocenters. The number of carbonyl (C=O) groups is 1. The Kier molecular flexibility index (Phi) is 5.73. The Bertz CT molecular complexity index is 842. The van der Waals surface area contributed by atoms with E-state index in [0.717, 1.165) is 11.1 Å². The van der Waals surface area contributed by atoms with Crippen LogP contribution in [0.1, 0.15) is 43.2 Å². The summed E-state index contributed by atoms with van der Waals surface area (Å²) in [7, 11) is 0. The van der Waals surface area contributed by atoms with Crippen molar-refractivity contribution in [1.82, 2.24) is 20.4 Å². The van der Waals surface area contributed by atoms with E-state index in [2.05, 4.69) is 46.4 Å². The van der Waals surface area contributed by atoms with Gasteiger partial charge in [-0.25, -0.2) is 0 Å². The lowest BCUT2D eigenvalue weighted by Crippen LogP contribution is -2.23. The standard InChI is InChI=1S/C20H22N4O2/c1-14(2)16-5-7-17(8-6-16)20-23-19(26-24-20)10-9-18(25)22-13-15-4-3-11-21-12-15/h3-8,11-12,14H,9-10,13H2,1-2H3,(H,22,25). The number of nitrogens with one attached hydrogen (secondary N) is 1. The van der Waals surface area contributed by atoms with Gasteiger partial charge < -0.3 is 9.84 Å². The zero-order chi connectivity index (χ0) is 18.4. The summed E-state index contributed by atoms with van der Waals surface area (Å²) in [6.07, 6.45) is 4.15. The Morgan fingerprint density at radius 1 is 1.19 bits per heavy atom. The van der Waals surface area contributed by atoms with E-state index < -0.39 is 0 Å². The molecule has 3 aromatic rings. The molecule has 0 unspecified atom stereocenters. The third-order valence-corrected chi connectivity index (χ3v) is 4.08. The molecule has 0 saturated carbocycles. The lowest BCUT2D eigenvalue weighted by atomic mass is 10.0. The maximum Gasteiger partial charge on any atom is 0.227 e. The molecule has 3 rings (SSSR count). The van der Waals surface area contributed by atoms with Gasteiger partial charge in [0.25, 0.3) is 0 Å². The normalized spacial score (nSPS) is 10.9. The lowest BCUT2D eigenvalue weighted by Gasteiger charge is -2.04. The van der Waals surface area contributed by atoms with Crippen molar-refractivity contribution in [2.24, 2.45) is 0 Å². The topological polar surface area (TPSA) is 80.9 Å². The van der Waals surface area contributed by atoms with Crippen LogP contribution in [0.2, 0.25) is 0 Å². The van der Waals surface area contributed by atoms with Gasteiger partial charge in [0, 0.05) is 37.3 Å². The van der Waals surface area contributed by atoms with Crippen molar-refractivity contribution in [2.45, 2.75) is 39.2 Å². The van der Waals surface area contributed by atoms with E-state index >= 15 is 0 Å². The molecule has 1 N–H and O–H groups in total. The summed E-state index contributed by atoms with van der Waals surface area (Å²) < 4.78 is 5.26. The van der Waals surface area contributed by atoms with Gasteiger partial charge in [0.05, 0.1) is 0 Å². The maximum atomic E-state index is 11.9. The molecule has 1 amide bonds. The zero-order valence-electron chi connectivity index (χ0n) is 15.0. The second-order valence-corrected chi connectivity index (χ2v) is 6.43. The fourth-order valence-electron chi connectivity index (χ4n) is 2.50. The number of carbonyl (C=O) groups excluding carboxylic acids is 1. The molecule has 0 saturated heterocycles. The second-order valence-electron chi connectivity index (χ2n) is 6.43. The van der Waals surface area contributed by atoms with E-state index in [1.165, 1.54) is 5.56 Å². The van der Waals surface area contributed by atoms with Crippen LogP contribution >= 0.6 is 0 Å². The number of amides is 1. The SMILES string of the molecule is CC(C)c1ccc(-c2noc(CCC(=O)NCc3cccnc3)n2)cc1. The van der Waals surface area contributed by atoms with Crippen molar-refractivity contribution in [3.63, 3.8) is 0 Å². The number of aromatic nitrogens is 3. The van der Waals surface area contributed by atoms with Crippen molar-refractivity contribution < 1.29 is 9.32 Å². The first-order valence-corrected chi connectivity index (χ1v) is 8.70. The monoisotopic (exact) mass is 350 g/mol. The lowest BCUT2D eigenvalue weighted by molar-refractivity contribution is -0.121. The molecule has 0 aliphatic heterocycles. The van der Waals surface area contributed by atoms with E-state index in [9.17, 15) is 4.79 Å². The van der Waals surface area contributed by atoms with Gasteiger partial charge in [0.15, 0.2) is 0 Å². The van der Waals surface area contributed by atoms with Gasteiger partial charge in [0.2, 0.25) is 17.6 Å². The summed E-state index contributed by atoms with van der Waals surface area (Å²) >= 11 is 0. The summed E-state index contributed by atoms with van der Waals surface area (Å²) in [5.74, 6) is 1.43. The number of nitrogens with zero attached hydrogens (tertiary/aromatic N) is 3. The first kappa shape index (κ1) is 17.8. The molecule has 2 aromatic heterocycles. The number of rotatable bonds is 7. The van der Waals surface area contributed by atoms with Crippen LogP contribution in [-0.2, 0) is 17.8 Å². The zero-order valence-corrected chi connectivity index (χ0v) is 15.0. The van der Waals surface area contributed by atoms with E-state index in [1.807, 2.05) is 24.3 Å². The first-order valence-electron chi connectivity index (χ1n) is 8.70. The minimum Gasteiger partial charge on any atom is -0.352 e. The van der Waals surface area contributed by atoms with Crippen LogP contribution < -0.4 is 5.32 Å². The molecular formula is C20H22N4O2. The van der Waals surface area contributed by atoms with Crippen LogP contribution in [0.15, 0.2) is 53.3 Å². The predicted molar refractivity (Wildman–Crippen MR) is 98.2 cm³/mol. The Morgan fingerprint density at radius 3 is 2.69 bits per heavy atom. The maximum absolute atomic E-state index is 11.9. The fraction of sp³-hybridized carbons (Fsp3) is 0.300. The van der Waals surface area contributed by atoms with Gasteiger partial charge in [-0.05, 0) is 23.1 Å². The Morgan fingerprint density at radius 2 is 2.00 bits per heavy atom. The highest BCUT2D eigenvalue weighted by molar-refractivity contribution is 5.76. The summed E-state index contributed by atoms with van der Waals surface area (Å²) in [6.45, 7) is 4.77. The summed E-state index contributed by atoms with van der Waals surface area (Å²) in [5, 5.41) is 6.86. The number of aryl methyl sites for hydroxylation is 1. The highest BCUT2D eigenvalue weighted by Gasteiger charge is 2.11. The molecule has 0 bridgehead atoms. The molecule has 6 heteroatoms. The molecule has 26 heavy (non-hydrogen) atoms. The number of benzene rings is 1. The summed E-state index contributed by atoms with van der Waals surface area (Å²) in [4.78, 5) is 20.3. The van der Waals surface area contributed by atoms with Gasteiger partial charge in [-0.1, -0.05) is 49.3 Å². The summed E-state index contributed by atoms with van der Waals surface area (Å²) in [6, 6.07) is 11.9. The molecule has 0 fully saturated rings. The van der Waals surface area contributed by atoms with Crippen molar-refractivity contribution in [2.75, 3.05) is 0 Å². The van der Waals surface area contributed by atoms with Crippen molar-refractivity contribution in [3.05, 3.63) is 65.8 Å². The molecule has 0 spiro atoms. The Hall–Kier alpha value is -3.02. The van der Waals surface area contributed by atoms with Gasteiger partial charge in [0.1, 0.15) is 0 Å². The third kappa shape index (κ3) is 4.75.